The van der Waals surface area contributed by atoms with Gasteiger partial charge >= 0.3 is 5.97 Å². The number of rotatable bonds is 8. The van der Waals surface area contributed by atoms with Crippen LogP contribution in [0.4, 0.5) is 0 Å². The molecule has 1 N–H and O–H groups in total. The minimum atomic E-state index is -0.764. The van der Waals surface area contributed by atoms with Gasteiger partial charge in [0.05, 0.1) is 0 Å². The lowest BCUT2D eigenvalue weighted by Gasteiger charge is -2.03. The predicted octanol–water partition coefficient (Wildman–Crippen LogP) is 1.90. The summed E-state index contributed by atoms with van der Waals surface area (Å²) in [6, 6.07) is 3.98. The van der Waals surface area contributed by atoms with Crippen LogP contribution >= 0.6 is 0 Å². The van der Waals surface area contributed by atoms with Crippen molar-refractivity contribution in [3.8, 4) is 0 Å². The number of aromatic nitrogens is 1. The van der Waals surface area contributed by atoms with Crippen LogP contribution < -0.4 is 0 Å². The van der Waals surface area contributed by atoms with Gasteiger partial charge in [0, 0.05) is 32.0 Å². The average molecular weight is 223 g/mol. The van der Waals surface area contributed by atoms with Crippen molar-refractivity contribution in [2.75, 3.05) is 13.2 Å². The van der Waals surface area contributed by atoms with Crippen molar-refractivity contribution in [2.45, 2.75) is 25.7 Å². The van der Waals surface area contributed by atoms with Gasteiger partial charge < -0.3 is 9.84 Å². The van der Waals surface area contributed by atoms with Crippen molar-refractivity contribution in [3.63, 3.8) is 0 Å². The summed E-state index contributed by atoms with van der Waals surface area (Å²) < 4.78 is 5.33. The van der Waals surface area contributed by atoms with E-state index in [1.807, 2.05) is 12.1 Å². The second-order valence-electron chi connectivity index (χ2n) is 3.57. The Bertz CT molecular complexity index is 300. The van der Waals surface area contributed by atoms with E-state index < -0.39 is 5.97 Å². The van der Waals surface area contributed by atoms with Gasteiger partial charge in [0.15, 0.2) is 0 Å². The van der Waals surface area contributed by atoms with Crippen molar-refractivity contribution in [1.82, 2.24) is 4.98 Å². The van der Waals surface area contributed by atoms with Gasteiger partial charge in [-0.15, -0.1) is 0 Å². The molecular weight excluding hydrogens is 206 g/mol. The zero-order valence-corrected chi connectivity index (χ0v) is 9.26. The number of carboxylic acids is 1. The van der Waals surface area contributed by atoms with E-state index in [0.29, 0.717) is 19.6 Å². The molecule has 1 rings (SSSR count). The van der Waals surface area contributed by atoms with E-state index in [4.69, 9.17) is 9.84 Å². The highest BCUT2D eigenvalue weighted by molar-refractivity contribution is 5.66. The fourth-order valence-electron chi connectivity index (χ4n) is 1.36. The molecule has 0 fully saturated rings. The first-order valence-electron chi connectivity index (χ1n) is 5.47. The number of aliphatic carboxylic acids is 1. The lowest BCUT2D eigenvalue weighted by molar-refractivity contribution is -0.137. The van der Waals surface area contributed by atoms with Crippen molar-refractivity contribution in [1.29, 1.82) is 0 Å². The van der Waals surface area contributed by atoms with Crippen LogP contribution in [0.5, 0.6) is 0 Å². The molecule has 0 aliphatic rings. The number of pyridine rings is 1. The third kappa shape index (κ3) is 6.14. The molecule has 1 aromatic rings. The third-order valence-electron chi connectivity index (χ3n) is 2.18. The minimum absolute atomic E-state index is 0.185. The van der Waals surface area contributed by atoms with Crippen LogP contribution in [0.3, 0.4) is 0 Å². The predicted molar refractivity (Wildman–Crippen MR) is 60.2 cm³/mol. The number of carbonyl (C=O) groups is 1. The van der Waals surface area contributed by atoms with Crippen LogP contribution in [0, 0.1) is 0 Å². The van der Waals surface area contributed by atoms with Gasteiger partial charge in [0.1, 0.15) is 0 Å². The largest absolute Gasteiger partial charge is 0.481 e. The molecule has 0 aliphatic heterocycles. The average Bonchev–Trinajstić information content (AvgIpc) is 2.29. The highest BCUT2D eigenvalue weighted by atomic mass is 16.5. The molecule has 0 bridgehead atoms. The highest BCUT2D eigenvalue weighted by Gasteiger charge is 1.96. The number of carboxylic acid groups (broad SMARTS) is 1. The van der Waals surface area contributed by atoms with E-state index in [1.54, 1.807) is 12.4 Å². The van der Waals surface area contributed by atoms with Crippen molar-refractivity contribution in [3.05, 3.63) is 30.1 Å². The molecule has 4 nitrogen and oxygen atoms in total. The summed E-state index contributed by atoms with van der Waals surface area (Å²) >= 11 is 0. The molecular formula is C12H17NO3. The van der Waals surface area contributed by atoms with E-state index in [-0.39, 0.29) is 6.42 Å². The van der Waals surface area contributed by atoms with E-state index in [2.05, 4.69) is 4.98 Å². The zero-order chi connectivity index (χ0) is 11.6. The number of nitrogens with zero attached hydrogens (tertiary/aromatic N) is 1. The Morgan fingerprint density at radius 3 is 2.62 bits per heavy atom. The van der Waals surface area contributed by atoms with Crippen LogP contribution in [-0.2, 0) is 16.0 Å². The molecule has 0 aliphatic carbocycles. The van der Waals surface area contributed by atoms with Crippen molar-refractivity contribution in [2.24, 2.45) is 0 Å². The van der Waals surface area contributed by atoms with Crippen LogP contribution in [0.15, 0.2) is 24.5 Å². The van der Waals surface area contributed by atoms with Gasteiger partial charge in [-0.25, -0.2) is 0 Å². The fraction of sp³-hybridized carbons (Fsp3) is 0.500. The molecule has 0 atom stereocenters. The van der Waals surface area contributed by atoms with Crippen molar-refractivity contribution < 1.29 is 14.6 Å². The lowest BCUT2D eigenvalue weighted by atomic mass is 10.1. The highest BCUT2D eigenvalue weighted by Crippen LogP contribution is 2.01. The first-order chi connectivity index (χ1) is 7.79. The standard InChI is InChI=1S/C12H17NO3/c14-12(15)4-2-10-16-9-1-3-11-5-7-13-8-6-11/h5-8H,1-4,9-10H2,(H,14,15). The first kappa shape index (κ1) is 12.6. The Kier molecular flexibility index (Phi) is 6.18. The maximum Gasteiger partial charge on any atom is 0.303 e. The monoisotopic (exact) mass is 223 g/mol. The molecule has 88 valence electrons. The molecule has 0 saturated carbocycles. The SMILES string of the molecule is O=C(O)CCCOCCCc1ccncc1. The van der Waals surface area contributed by atoms with Crippen LogP contribution in [0.25, 0.3) is 0 Å². The lowest BCUT2D eigenvalue weighted by Crippen LogP contribution is -2.02. The number of aryl methyl sites for hydroxylation is 1. The Morgan fingerprint density at radius 2 is 1.94 bits per heavy atom. The smallest absolute Gasteiger partial charge is 0.303 e. The van der Waals surface area contributed by atoms with Crippen LogP contribution in [0.1, 0.15) is 24.8 Å². The summed E-state index contributed by atoms with van der Waals surface area (Å²) in [5.74, 6) is -0.764. The van der Waals surface area contributed by atoms with Crippen LogP contribution in [0.2, 0.25) is 0 Å². The summed E-state index contributed by atoms with van der Waals surface area (Å²) in [7, 11) is 0. The van der Waals surface area contributed by atoms with Gasteiger partial charge in [-0.1, -0.05) is 0 Å². The number of ether oxygens (including phenoxy) is 1. The summed E-state index contributed by atoms with van der Waals surface area (Å²) in [4.78, 5) is 14.2. The Morgan fingerprint density at radius 1 is 1.25 bits per heavy atom. The number of hydrogen-bond donors (Lipinski definition) is 1. The quantitative estimate of drug-likeness (QED) is 0.684. The Balaban J connectivity index is 1.94. The molecule has 0 spiro atoms. The van der Waals surface area contributed by atoms with Gasteiger partial charge in [-0.2, -0.15) is 0 Å². The second kappa shape index (κ2) is 7.82. The fourth-order valence-corrected chi connectivity index (χ4v) is 1.36. The topological polar surface area (TPSA) is 59.4 Å². The first-order valence-corrected chi connectivity index (χ1v) is 5.47. The second-order valence-corrected chi connectivity index (χ2v) is 3.57. The van der Waals surface area contributed by atoms with Gasteiger partial charge in [0.25, 0.3) is 0 Å². The third-order valence-corrected chi connectivity index (χ3v) is 2.18. The molecule has 0 unspecified atom stereocenters. The van der Waals surface area contributed by atoms with E-state index in [9.17, 15) is 4.79 Å². The van der Waals surface area contributed by atoms with E-state index in [0.717, 1.165) is 12.8 Å². The van der Waals surface area contributed by atoms with Crippen molar-refractivity contribution >= 4 is 5.97 Å². The summed E-state index contributed by atoms with van der Waals surface area (Å²) in [5, 5.41) is 8.40. The Labute approximate surface area is 95.3 Å². The Hall–Kier alpha value is -1.42. The van der Waals surface area contributed by atoms with Gasteiger partial charge in [-0.3, -0.25) is 9.78 Å². The molecule has 0 amide bonds. The van der Waals surface area contributed by atoms with E-state index >= 15 is 0 Å². The number of hydrogen-bond acceptors (Lipinski definition) is 3. The zero-order valence-electron chi connectivity index (χ0n) is 9.26. The summed E-state index contributed by atoms with van der Waals surface area (Å²) in [5.41, 5.74) is 1.25. The van der Waals surface area contributed by atoms with Gasteiger partial charge in [-0.05, 0) is 37.0 Å². The van der Waals surface area contributed by atoms with E-state index in [1.165, 1.54) is 5.56 Å². The normalized spacial score (nSPS) is 10.2. The molecule has 4 heteroatoms. The molecule has 0 aromatic carbocycles. The van der Waals surface area contributed by atoms with Crippen LogP contribution in [-0.4, -0.2) is 29.3 Å². The minimum Gasteiger partial charge on any atom is -0.481 e. The molecule has 16 heavy (non-hydrogen) atoms. The molecule has 0 saturated heterocycles. The molecule has 0 radical (unpaired) electrons. The van der Waals surface area contributed by atoms with Gasteiger partial charge in [0.2, 0.25) is 0 Å². The summed E-state index contributed by atoms with van der Waals surface area (Å²) in [6.45, 7) is 1.21. The maximum atomic E-state index is 10.2. The molecule has 1 heterocycles. The summed E-state index contributed by atoms with van der Waals surface area (Å²) in [6.07, 6.45) is 6.26. The molecule has 1 aromatic heterocycles. The maximum absolute atomic E-state index is 10.2.